The molecule has 0 unspecified atom stereocenters. The molecule has 3 heterocycles. The van der Waals surface area contributed by atoms with E-state index in [2.05, 4.69) is 15.4 Å². The molecule has 9 nitrogen and oxygen atoms in total. The molecule has 3 amide bonds. The van der Waals surface area contributed by atoms with Gasteiger partial charge in [0.05, 0.1) is 29.1 Å². The first-order valence-electron chi connectivity index (χ1n) is 9.34. The number of aliphatic imine (C=N–C) groups is 1. The molecule has 0 bridgehead atoms. The zero-order valence-corrected chi connectivity index (χ0v) is 16.7. The van der Waals surface area contributed by atoms with Crippen LogP contribution in [0.4, 0.5) is 10.6 Å². The second-order valence-corrected chi connectivity index (χ2v) is 7.07. The van der Waals surface area contributed by atoms with Crippen molar-refractivity contribution in [3.63, 3.8) is 0 Å². The van der Waals surface area contributed by atoms with Crippen LogP contribution in [0, 0.1) is 0 Å². The molecule has 1 N–H and O–H groups in total. The van der Waals surface area contributed by atoms with Crippen molar-refractivity contribution in [2.75, 3.05) is 44.8 Å². The average molecular weight is 417 g/mol. The number of hydrogen-bond acceptors (Lipinski definition) is 5. The van der Waals surface area contributed by atoms with Crippen LogP contribution in [-0.2, 0) is 9.53 Å². The van der Waals surface area contributed by atoms with Crippen molar-refractivity contribution in [3.8, 4) is 5.69 Å². The van der Waals surface area contributed by atoms with Crippen LogP contribution in [0.1, 0.15) is 12.0 Å². The molecular formula is C19H21ClN6O3. The highest BCUT2D eigenvalue weighted by Crippen LogP contribution is 2.34. The monoisotopic (exact) mass is 416 g/mol. The summed E-state index contributed by atoms with van der Waals surface area (Å²) >= 11 is 6.37. The van der Waals surface area contributed by atoms with Crippen LogP contribution in [-0.4, -0.2) is 72.4 Å². The van der Waals surface area contributed by atoms with Crippen LogP contribution in [0.2, 0.25) is 5.02 Å². The van der Waals surface area contributed by atoms with Gasteiger partial charge in [0.2, 0.25) is 5.91 Å². The van der Waals surface area contributed by atoms with Gasteiger partial charge in [-0.3, -0.25) is 19.6 Å². The summed E-state index contributed by atoms with van der Waals surface area (Å²) < 4.78 is 6.55. The van der Waals surface area contributed by atoms with Gasteiger partial charge in [0.15, 0.2) is 5.82 Å². The largest absolute Gasteiger partial charge is 0.383 e. The third-order valence-corrected chi connectivity index (χ3v) is 5.09. The van der Waals surface area contributed by atoms with Crippen LogP contribution in [0.3, 0.4) is 0 Å². The van der Waals surface area contributed by atoms with E-state index >= 15 is 0 Å². The summed E-state index contributed by atoms with van der Waals surface area (Å²) in [5.41, 5.74) is 1.33. The molecule has 0 saturated heterocycles. The molecule has 29 heavy (non-hydrogen) atoms. The molecule has 0 saturated carbocycles. The molecule has 10 heteroatoms. The van der Waals surface area contributed by atoms with Crippen LogP contribution in [0.15, 0.2) is 35.5 Å². The van der Waals surface area contributed by atoms with Crippen molar-refractivity contribution in [3.05, 3.63) is 41.0 Å². The Labute approximate surface area is 172 Å². The van der Waals surface area contributed by atoms with E-state index in [0.29, 0.717) is 54.2 Å². The number of anilines is 1. The molecule has 2 aromatic rings. The van der Waals surface area contributed by atoms with E-state index in [0.717, 1.165) is 6.42 Å². The lowest BCUT2D eigenvalue weighted by Crippen LogP contribution is -2.55. The average Bonchev–Trinajstić information content (AvgIpc) is 3.16. The number of halogens is 1. The number of amidine groups is 1. The molecule has 4 rings (SSSR count). The van der Waals surface area contributed by atoms with Crippen molar-refractivity contribution < 1.29 is 14.3 Å². The number of fused-ring (bicyclic) bond motifs is 3. The third-order valence-electron chi connectivity index (χ3n) is 4.77. The quantitative estimate of drug-likeness (QED) is 0.725. The maximum absolute atomic E-state index is 13.2. The summed E-state index contributed by atoms with van der Waals surface area (Å²) in [6.45, 7) is 1.81. The fraction of sp³-hybridized carbons (Fsp3) is 0.368. The van der Waals surface area contributed by atoms with Gasteiger partial charge in [-0.05, 0) is 18.6 Å². The van der Waals surface area contributed by atoms with E-state index in [1.54, 1.807) is 29.0 Å². The Balaban J connectivity index is 1.76. The number of benzene rings is 1. The zero-order valence-electron chi connectivity index (χ0n) is 16.0. The molecule has 152 valence electrons. The van der Waals surface area contributed by atoms with Gasteiger partial charge >= 0.3 is 6.03 Å². The lowest BCUT2D eigenvalue weighted by Gasteiger charge is -2.37. The van der Waals surface area contributed by atoms with Gasteiger partial charge in [-0.2, -0.15) is 5.10 Å². The lowest BCUT2D eigenvalue weighted by atomic mass is 10.1. The Kier molecular flexibility index (Phi) is 5.50. The minimum Gasteiger partial charge on any atom is -0.383 e. The van der Waals surface area contributed by atoms with Crippen LogP contribution in [0.25, 0.3) is 5.69 Å². The Morgan fingerprint density at radius 2 is 2.17 bits per heavy atom. The summed E-state index contributed by atoms with van der Waals surface area (Å²) in [5, 5.41) is 7.71. The van der Waals surface area contributed by atoms with E-state index in [4.69, 9.17) is 16.3 Å². The molecule has 0 fully saturated rings. The third kappa shape index (κ3) is 3.58. The van der Waals surface area contributed by atoms with Crippen LogP contribution >= 0.6 is 11.6 Å². The van der Waals surface area contributed by atoms with E-state index < -0.39 is 0 Å². The summed E-state index contributed by atoms with van der Waals surface area (Å²) in [4.78, 5) is 33.3. The SMILES string of the molecule is COCCNC(=O)CN1C(=O)N2CCCN=C2c2cnn(-c3ccccc3Cl)c21. The minimum atomic E-state index is -0.299. The Hall–Kier alpha value is -2.91. The number of rotatable bonds is 6. The summed E-state index contributed by atoms with van der Waals surface area (Å²) in [7, 11) is 1.56. The maximum Gasteiger partial charge on any atom is 0.331 e. The molecule has 0 spiro atoms. The van der Waals surface area contributed by atoms with E-state index in [-0.39, 0.29) is 18.5 Å². The van der Waals surface area contributed by atoms with Crippen LogP contribution in [0.5, 0.6) is 0 Å². The van der Waals surface area contributed by atoms with Crippen molar-refractivity contribution >= 4 is 35.2 Å². The number of carbonyl (C=O) groups is 2. The first-order chi connectivity index (χ1) is 14.1. The standard InChI is InChI=1S/C19H21ClN6O3/c1-29-10-8-21-16(27)12-25-18-13(17-22-7-4-9-24(17)19(25)28)11-23-26(18)15-6-3-2-5-14(15)20/h2-3,5-6,11H,4,7-10,12H2,1H3,(H,21,27). The number of ether oxygens (including phenoxy) is 1. The molecule has 1 aromatic carbocycles. The summed E-state index contributed by atoms with van der Waals surface area (Å²) in [5.74, 6) is 0.790. The van der Waals surface area contributed by atoms with Gasteiger partial charge in [0, 0.05) is 26.7 Å². The van der Waals surface area contributed by atoms with Gasteiger partial charge in [-0.1, -0.05) is 23.7 Å². The Bertz CT molecular complexity index is 973. The second-order valence-electron chi connectivity index (χ2n) is 6.67. The number of hydrogen-bond donors (Lipinski definition) is 1. The topological polar surface area (TPSA) is 92.1 Å². The second kappa shape index (κ2) is 8.22. The Morgan fingerprint density at radius 3 is 2.97 bits per heavy atom. The van der Waals surface area contributed by atoms with Gasteiger partial charge < -0.3 is 10.1 Å². The number of amides is 3. The molecule has 1 aromatic heterocycles. The fourth-order valence-electron chi connectivity index (χ4n) is 3.45. The Morgan fingerprint density at radius 1 is 1.34 bits per heavy atom. The molecule has 2 aliphatic heterocycles. The lowest BCUT2D eigenvalue weighted by molar-refractivity contribution is -0.119. The van der Waals surface area contributed by atoms with Crippen molar-refractivity contribution in [1.29, 1.82) is 0 Å². The highest BCUT2D eigenvalue weighted by Gasteiger charge is 2.40. The predicted octanol–water partition coefficient (Wildman–Crippen LogP) is 1.68. The number of urea groups is 1. The van der Waals surface area contributed by atoms with Gasteiger partial charge in [-0.15, -0.1) is 0 Å². The molecule has 0 aliphatic carbocycles. The van der Waals surface area contributed by atoms with E-state index in [9.17, 15) is 9.59 Å². The number of nitrogens with one attached hydrogen (secondary N) is 1. The highest BCUT2D eigenvalue weighted by molar-refractivity contribution is 6.32. The molecular weight excluding hydrogens is 396 g/mol. The molecule has 0 radical (unpaired) electrons. The zero-order chi connectivity index (χ0) is 20.4. The van der Waals surface area contributed by atoms with Crippen molar-refractivity contribution in [2.24, 2.45) is 4.99 Å². The normalized spacial score (nSPS) is 15.7. The van der Waals surface area contributed by atoms with Crippen LogP contribution < -0.4 is 10.2 Å². The van der Waals surface area contributed by atoms with Crippen molar-refractivity contribution in [1.82, 2.24) is 20.0 Å². The first kappa shape index (κ1) is 19.4. The van der Waals surface area contributed by atoms with E-state index in [1.807, 2.05) is 18.2 Å². The smallest absolute Gasteiger partial charge is 0.331 e. The van der Waals surface area contributed by atoms with Gasteiger partial charge in [0.1, 0.15) is 12.4 Å². The number of methoxy groups -OCH3 is 1. The number of aromatic nitrogens is 2. The van der Waals surface area contributed by atoms with Gasteiger partial charge in [-0.25, -0.2) is 9.48 Å². The summed E-state index contributed by atoms with van der Waals surface area (Å²) in [6, 6.07) is 6.92. The number of nitrogens with zero attached hydrogens (tertiary/aromatic N) is 5. The number of carbonyl (C=O) groups excluding carboxylic acids is 2. The minimum absolute atomic E-state index is 0.143. The van der Waals surface area contributed by atoms with E-state index in [1.165, 1.54) is 4.90 Å². The fourth-order valence-corrected chi connectivity index (χ4v) is 3.67. The highest BCUT2D eigenvalue weighted by atomic mass is 35.5. The first-order valence-corrected chi connectivity index (χ1v) is 9.72. The maximum atomic E-state index is 13.2. The molecule has 2 aliphatic rings. The van der Waals surface area contributed by atoms with Crippen molar-refractivity contribution in [2.45, 2.75) is 6.42 Å². The predicted molar refractivity (Wildman–Crippen MR) is 109 cm³/mol. The summed E-state index contributed by atoms with van der Waals surface area (Å²) in [6.07, 6.45) is 2.44. The molecule has 0 atom stereocenters. The van der Waals surface area contributed by atoms with Gasteiger partial charge in [0.25, 0.3) is 0 Å². The number of para-hydroxylation sites is 1.